The topological polar surface area (TPSA) is 122 Å². The number of hydrogen-bond acceptors (Lipinski definition) is 6. The van der Waals surface area contributed by atoms with Crippen LogP contribution in [-0.4, -0.2) is 54.5 Å². The van der Waals surface area contributed by atoms with Gasteiger partial charge >= 0.3 is 0 Å². The molecule has 0 saturated heterocycles. The molecule has 0 fully saturated rings. The first-order chi connectivity index (χ1) is 6.14. The second-order valence-electron chi connectivity index (χ2n) is 3.06. The number of aliphatic hydroxyl groups excluding tert-OH is 3. The van der Waals surface area contributed by atoms with E-state index in [1.165, 1.54) is 0 Å². The van der Waals surface area contributed by atoms with Crippen LogP contribution in [0.2, 0.25) is 0 Å². The maximum atomic E-state index is 8.89. The third kappa shape index (κ3) is 3.99. The third-order valence-electron chi connectivity index (χ3n) is 1.84. The zero-order valence-electron chi connectivity index (χ0n) is 7.52. The monoisotopic (exact) mass is 194 g/mol. The van der Waals surface area contributed by atoms with Gasteiger partial charge in [-0.25, -0.2) is 0 Å². The number of rotatable bonds is 7. The fraction of sp³-hybridized carbons (Fsp3) is 1.00. The first kappa shape index (κ1) is 12.8. The Kier molecular flexibility index (Phi) is 6.13. The van der Waals surface area contributed by atoms with Crippen LogP contribution >= 0.6 is 0 Å². The van der Waals surface area contributed by atoms with Gasteiger partial charge in [-0.2, -0.15) is 0 Å². The van der Waals surface area contributed by atoms with E-state index < -0.39 is 11.6 Å². The van der Waals surface area contributed by atoms with Crippen LogP contribution in [0.5, 0.6) is 0 Å². The summed E-state index contributed by atoms with van der Waals surface area (Å²) in [7, 11) is 0. The second-order valence-corrected chi connectivity index (χ2v) is 3.06. The van der Waals surface area contributed by atoms with E-state index in [1.54, 1.807) is 0 Å². The van der Waals surface area contributed by atoms with E-state index in [1.807, 2.05) is 0 Å². The molecule has 0 aromatic rings. The van der Waals surface area contributed by atoms with Crippen LogP contribution in [0.15, 0.2) is 0 Å². The maximum Gasteiger partial charge on any atom is 0.118 e. The predicted octanol–water partition coefficient (Wildman–Crippen LogP) is -2.79. The Morgan fingerprint density at radius 2 is 1.62 bits per heavy atom. The number of hydrogen-bond donors (Lipinski definition) is 5. The van der Waals surface area contributed by atoms with Crippen molar-refractivity contribution in [2.24, 2.45) is 16.9 Å². The molecule has 0 saturated carbocycles. The SMILES string of the molecule is NCC(N)OCC(CO)(CO)CO. The summed E-state index contributed by atoms with van der Waals surface area (Å²) in [6, 6.07) is 0. The molecular weight excluding hydrogens is 176 g/mol. The minimum absolute atomic E-state index is 0.0190. The van der Waals surface area contributed by atoms with Crippen LogP contribution in [-0.2, 0) is 4.74 Å². The summed E-state index contributed by atoms with van der Waals surface area (Å²) in [6.45, 7) is -0.959. The first-order valence-electron chi connectivity index (χ1n) is 4.04. The third-order valence-corrected chi connectivity index (χ3v) is 1.84. The highest BCUT2D eigenvalue weighted by Gasteiger charge is 2.29. The second kappa shape index (κ2) is 6.25. The Hall–Kier alpha value is -0.240. The van der Waals surface area contributed by atoms with Gasteiger partial charge in [0.15, 0.2) is 0 Å². The van der Waals surface area contributed by atoms with Crippen molar-refractivity contribution in [2.45, 2.75) is 6.23 Å². The number of ether oxygens (including phenoxy) is 1. The molecule has 0 aliphatic carbocycles. The lowest BCUT2D eigenvalue weighted by atomic mass is 9.93. The van der Waals surface area contributed by atoms with Crippen LogP contribution in [0.3, 0.4) is 0 Å². The van der Waals surface area contributed by atoms with Gasteiger partial charge in [0, 0.05) is 6.54 Å². The largest absolute Gasteiger partial charge is 0.396 e. The lowest BCUT2D eigenvalue weighted by Gasteiger charge is -2.28. The van der Waals surface area contributed by atoms with Crippen molar-refractivity contribution in [3.8, 4) is 0 Å². The Morgan fingerprint density at radius 1 is 1.15 bits per heavy atom. The molecule has 0 aliphatic heterocycles. The van der Waals surface area contributed by atoms with Gasteiger partial charge in [-0.05, 0) is 0 Å². The lowest BCUT2D eigenvalue weighted by Crippen LogP contribution is -2.43. The molecule has 7 N–H and O–H groups in total. The molecule has 1 unspecified atom stereocenters. The van der Waals surface area contributed by atoms with Gasteiger partial charge in [-0.3, -0.25) is 0 Å². The summed E-state index contributed by atoms with van der Waals surface area (Å²) >= 11 is 0. The molecule has 0 aliphatic rings. The highest BCUT2D eigenvalue weighted by molar-refractivity contribution is 4.76. The standard InChI is InChI=1S/C7H18N2O4/c8-1-6(9)13-5-7(2-10,3-11)4-12/h6,10-12H,1-5,8-9H2. The zero-order chi connectivity index (χ0) is 10.3. The minimum atomic E-state index is -1.03. The van der Waals surface area contributed by atoms with Gasteiger partial charge in [0.05, 0.1) is 31.8 Å². The van der Waals surface area contributed by atoms with Crippen LogP contribution in [0.4, 0.5) is 0 Å². The maximum absolute atomic E-state index is 8.89. The molecule has 0 amide bonds. The van der Waals surface area contributed by atoms with Crippen molar-refractivity contribution in [1.29, 1.82) is 0 Å². The summed E-state index contributed by atoms with van der Waals surface area (Å²) in [5, 5.41) is 26.7. The van der Waals surface area contributed by atoms with Gasteiger partial charge in [-0.1, -0.05) is 0 Å². The van der Waals surface area contributed by atoms with Crippen molar-refractivity contribution in [1.82, 2.24) is 0 Å². The van der Waals surface area contributed by atoms with E-state index in [-0.39, 0.29) is 33.0 Å². The molecular formula is C7H18N2O4. The minimum Gasteiger partial charge on any atom is -0.396 e. The summed E-state index contributed by atoms with van der Waals surface area (Å²) in [5.41, 5.74) is 9.51. The lowest BCUT2D eigenvalue weighted by molar-refractivity contribution is -0.0765. The summed E-state index contributed by atoms with van der Waals surface area (Å²) in [4.78, 5) is 0. The number of aliphatic hydroxyl groups is 3. The summed E-state index contributed by atoms with van der Waals surface area (Å²) in [5.74, 6) is 0. The Labute approximate surface area is 77.1 Å². The van der Waals surface area contributed by atoms with Gasteiger partial charge in [0.25, 0.3) is 0 Å². The molecule has 6 heteroatoms. The van der Waals surface area contributed by atoms with Gasteiger partial charge in [-0.15, -0.1) is 0 Å². The smallest absolute Gasteiger partial charge is 0.118 e. The molecule has 0 aromatic carbocycles. The van der Waals surface area contributed by atoms with E-state index in [2.05, 4.69) is 0 Å². The van der Waals surface area contributed by atoms with Gasteiger partial charge in [0.1, 0.15) is 6.23 Å². The summed E-state index contributed by atoms with van der Waals surface area (Å²) < 4.78 is 5.00. The first-order valence-corrected chi connectivity index (χ1v) is 4.04. The highest BCUT2D eigenvalue weighted by Crippen LogP contribution is 2.15. The van der Waals surface area contributed by atoms with Crippen LogP contribution in [0.25, 0.3) is 0 Å². The van der Waals surface area contributed by atoms with E-state index >= 15 is 0 Å². The molecule has 0 bridgehead atoms. The van der Waals surface area contributed by atoms with E-state index in [0.29, 0.717) is 0 Å². The fourth-order valence-corrected chi connectivity index (χ4v) is 0.639. The van der Waals surface area contributed by atoms with E-state index in [4.69, 9.17) is 31.5 Å². The zero-order valence-corrected chi connectivity index (χ0v) is 7.52. The van der Waals surface area contributed by atoms with Crippen molar-refractivity contribution in [3.05, 3.63) is 0 Å². The van der Waals surface area contributed by atoms with E-state index in [9.17, 15) is 0 Å². The molecule has 0 heterocycles. The van der Waals surface area contributed by atoms with Crippen LogP contribution in [0, 0.1) is 5.41 Å². The molecule has 0 rings (SSSR count). The Balaban J connectivity index is 3.95. The van der Waals surface area contributed by atoms with E-state index in [0.717, 1.165) is 0 Å². The van der Waals surface area contributed by atoms with Gasteiger partial charge < -0.3 is 31.5 Å². The van der Waals surface area contributed by atoms with Crippen molar-refractivity contribution >= 4 is 0 Å². The highest BCUT2D eigenvalue weighted by atomic mass is 16.5. The molecule has 0 radical (unpaired) electrons. The Bertz CT molecular complexity index is 121. The predicted molar refractivity (Wildman–Crippen MR) is 46.7 cm³/mol. The normalized spacial score (nSPS) is 14.5. The molecule has 1 atom stereocenters. The van der Waals surface area contributed by atoms with Crippen molar-refractivity contribution in [3.63, 3.8) is 0 Å². The van der Waals surface area contributed by atoms with Crippen LogP contribution in [0.1, 0.15) is 0 Å². The van der Waals surface area contributed by atoms with Gasteiger partial charge in [0.2, 0.25) is 0 Å². The Morgan fingerprint density at radius 3 is 1.92 bits per heavy atom. The average Bonchev–Trinajstić information content (AvgIpc) is 2.20. The molecule has 0 spiro atoms. The number of nitrogens with two attached hydrogens (primary N) is 2. The molecule has 80 valence electrons. The van der Waals surface area contributed by atoms with Crippen molar-refractivity contribution in [2.75, 3.05) is 33.0 Å². The fourth-order valence-electron chi connectivity index (χ4n) is 0.639. The average molecular weight is 194 g/mol. The molecule has 0 aromatic heterocycles. The quantitative estimate of drug-likeness (QED) is 0.279. The molecule has 13 heavy (non-hydrogen) atoms. The molecule has 6 nitrogen and oxygen atoms in total. The van der Waals surface area contributed by atoms with Crippen molar-refractivity contribution < 1.29 is 20.1 Å². The summed E-state index contributed by atoms with van der Waals surface area (Å²) in [6.07, 6.45) is -0.635. The van der Waals surface area contributed by atoms with Crippen LogP contribution < -0.4 is 11.5 Å².